The number of hydrogen-bond donors (Lipinski definition) is 0. The summed E-state index contributed by atoms with van der Waals surface area (Å²) in [6, 6.07) is 11.0. The van der Waals surface area contributed by atoms with Crippen LogP contribution in [0.5, 0.6) is 0 Å². The van der Waals surface area contributed by atoms with E-state index in [2.05, 4.69) is 49.5 Å². The van der Waals surface area contributed by atoms with E-state index in [9.17, 15) is 0 Å². The highest BCUT2D eigenvalue weighted by atomic mass is 14.8. The van der Waals surface area contributed by atoms with Gasteiger partial charge in [-0.1, -0.05) is 55.7 Å². The number of allylic oxidation sites excluding steroid dienone is 2. The summed E-state index contributed by atoms with van der Waals surface area (Å²) >= 11 is 0. The van der Waals surface area contributed by atoms with Crippen molar-refractivity contribution in [3.8, 4) is 0 Å². The van der Waals surface area contributed by atoms with Crippen LogP contribution in [0, 0.1) is 0 Å². The maximum Gasteiger partial charge on any atom is 0.0499 e. The van der Waals surface area contributed by atoms with Gasteiger partial charge < -0.3 is 0 Å². The van der Waals surface area contributed by atoms with Crippen molar-refractivity contribution in [2.45, 2.75) is 45.1 Å². The summed E-state index contributed by atoms with van der Waals surface area (Å²) < 4.78 is 0. The van der Waals surface area contributed by atoms with E-state index in [0.717, 1.165) is 0 Å². The maximum atomic E-state index is 4.74. The average Bonchev–Trinajstić information content (AvgIpc) is 2.42. The van der Waals surface area contributed by atoms with E-state index in [1.807, 2.05) is 0 Å². The van der Waals surface area contributed by atoms with Gasteiger partial charge in [-0.15, -0.1) is 0 Å². The summed E-state index contributed by atoms with van der Waals surface area (Å²) in [5.74, 6) is 0. The second-order valence-corrected chi connectivity index (χ2v) is 4.68. The minimum Gasteiger partial charge on any atom is -0.289 e. The van der Waals surface area contributed by atoms with E-state index in [4.69, 9.17) is 4.99 Å². The van der Waals surface area contributed by atoms with E-state index in [-0.39, 0.29) is 0 Å². The molecule has 0 N–H and O–H groups in total. The lowest BCUT2D eigenvalue weighted by atomic mass is 9.96. The van der Waals surface area contributed by atoms with Crippen LogP contribution in [0.3, 0.4) is 0 Å². The van der Waals surface area contributed by atoms with Gasteiger partial charge in [-0.2, -0.15) is 0 Å². The minimum atomic E-state index is 0.558. The number of nitrogens with zero attached hydrogens (tertiary/aromatic N) is 1. The van der Waals surface area contributed by atoms with Crippen molar-refractivity contribution in [3.05, 3.63) is 42.0 Å². The predicted octanol–water partition coefficient (Wildman–Crippen LogP) is 4.49. The fourth-order valence-electron chi connectivity index (χ4n) is 2.36. The van der Waals surface area contributed by atoms with Gasteiger partial charge in [0.15, 0.2) is 0 Å². The number of aliphatic imine (C=N–C) groups is 1. The van der Waals surface area contributed by atoms with Crippen molar-refractivity contribution in [2.24, 2.45) is 4.99 Å². The smallest absolute Gasteiger partial charge is 0.0499 e. The lowest BCUT2D eigenvalue weighted by Gasteiger charge is -2.17. The molecule has 2 rings (SSSR count). The van der Waals surface area contributed by atoms with Crippen LogP contribution in [0.15, 0.2) is 41.4 Å². The highest BCUT2D eigenvalue weighted by Gasteiger charge is 2.10. The zero-order valence-corrected chi connectivity index (χ0v) is 10.6. The Bertz CT molecular complexity index is 383. The Morgan fingerprint density at radius 2 is 1.82 bits per heavy atom. The van der Waals surface area contributed by atoms with Crippen LogP contribution < -0.4 is 0 Å². The van der Waals surface area contributed by atoms with E-state index >= 15 is 0 Å². The van der Waals surface area contributed by atoms with Crippen LogP contribution in [0.1, 0.15) is 44.6 Å². The molecule has 90 valence electrons. The van der Waals surface area contributed by atoms with Crippen LogP contribution in [0.2, 0.25) is 0 Å². The fraction of sp³-hybridized carbons (Fsp3) is 0.438. The van der Waals surface area contributed by atoms with Crippen LogP contribution in [-0.4, -0.2) is 12.3 Å². The SMILES string of the molecule is C/C=C(/C=NC1CCCCC1)c1ccccc1. The van der Waals surface area contributed by atoms with E-state index < -0.39 is 0 Å². The summed E-state index contributed by atoms with van der Waals surface area (Å²) in [5.41, 5.74) is 2.49. The topological polar surface area (TPSA) is 12.4 Å². The second kappa shape index (κ2) is 6.39. The average molecular weight is 227 g/mol. The van der Waals surface area contributed by atoms with Gasteiger partial charge in [-0.3, -0.25) is 4.99 Å². The third kappa shape index (κ3) is 3.55. The molecule has 1 aromatic carbocycles. The normalized spacial score (nSPS) is 18.8. The van der Waals surface area contributed by atoms with Gasteiger partial charge in [0.2, 0.25) is 0 Å². The maximum absolute atomic E-state index is 4.74. The highest BCUT2D eigenvalue weighted by Crippen LogP contribution is 2.21. The van der Waals surface area contributed by atoms with Gasteiger partial charge in [-0.25, -0.2) is 0 Å². The summed E-state index contributed by atoms with van der Waals surface area (Å²) in [6.07, 6.45) is 10.8. The zero-order chi connectivity index (χ0) is 11.9. The van der Waals surface area contributed by atoms with Crippen molar-refractivity contribution in [1.29, 1.82) is 0 Å². The molecule has 1 heteroatoms. The molecule has 0 aromatic heterocycles. The quantitative estimate of drug-likeness (QED) is 0.674. The molecule has 1 aliphatic carbocycles. The zero-order valence-electron chi connectivity index (χ0n) is 10.6. The molecule has 17 heavy (non-hydrogen) atoms. The monoisotopic (exact) mass is 227 g/mol. The Labute approximate surface area is 104 Å². The van der Waals surface area contributed by atoms with Crippen molar-refractivity contribution in [2.75, 3.05) is 0 Å². The lowest BCUT2D eigenvalue weighted by molar-refractivity contribution is 0.444. The van der Waals surface area contributed by atoms with Crippen LogP contribution in [0.25, 0.3) is 5.57 Å². The number of hydrogen-bond acceptors (Lipinski definition) is 1. The van der Waals surface area contributed by atoms with Crippen molar-refractivity contribution >= 4 is 11.8 Å². The molecule has 0 unspecified atom stereocenters. The summed E-state index contributed by atoms with van der Waals surface area (Å²) in [5, 5.41) is 0. The largest absolute Gasteiger partial charge is 0.289 e. The molecule has 1 fully saturated rings. The van der Waals surface area contributed by atoms with Gasteiger partial charge >= 0.3 is 0 Å². The van der Waals surface area contributed by atoms with E-state index in [1.165, 1.54) is 43.2 Å². The van der Waals surface area contributed by atoms with Gasteiger partial charge in [0.25, 0.3) is 0 Å². The molecule has 0 saturated heterocycles. The molecular weight excluding hydrogens is 206 g/mol. The van der Waals surface area contributed by atoms with Crippen molar-refractivity contribution in [1.82, 2.24) is 0 Å². The van der Waals surface area contributed by atoms with Gasteiger partial charge in [-0.05, 0) is 30.9 Å². The Hall–Kier alpha value is -1.37. The van der Waals surface area contributed by atoms with Crippen molar-refractivity contribution in [3.63, 3.8) is 0 Å². The molecule has 0 amide bonds. The Balaban J connectivity index is 2.03. The third-order valence-corrected chi connectivity index (χ3v) is 3.42. The first-order valence-corrected chi connectivity index (χ1v) is 6.65. The molecule has 0 radical (unpaired) electrons. The highest BCUT2D eigenvalue weighted by molar-refractivity contribution is 6.09. The third-order valence-electron chi connectivity index (χ3n) is 3.42. The Kier molecular flexibility index (Phi) is 4.54. The molecule has 0 atom stereocenters. The molecule has 1 nitrogen and oxygen atoms in total. The van der Waals surface area contributed by atoms with E-state index in [1.54, 1.807) is 0 Å². The van der Waals surface area contributed by atoms with Gasteiger partial charge in [0.05, 0.1) is 0 Å². The first-order chi connectivity index (χ1) is 8.40. The van der Waals surface area contributed by atoms with Crippen LogP contribution >= 0.6 is 0 Å². The van der Waals surface area contributed by atoms with E-state index in [0.29, 0.717) is 6.04 Å². The van der Waals surface area contributed by atoms with Gasteiger partial charge in [0.1, 0.15) is 0 Å². The fourth-order valence-corrected chi connectivity index (χ4v) is 2.36. The van der Waals surface area contributed by atoms with Gasteiger partial charge in [0, 0.05) is 12.3 Å². The molecule has 1 saturated carbocycles. The number of rotatable bonds is 3. The van der Waals surface area contributed by atoms with Crippen LogP contribution in [0.4, 0.5) is 0 Å². The first kappa shape index (κ1) is 12.1. The molecule has 0 spiro atoms. The summed E-state index contributed by atoms with van der Waals surface area (Å²) in [7, 11) is 0. The molecule has 0 bridgehead atoms. The van der Waals surface area contributed by atoms with Crippen LogP contribution in [-0.2, 0) is 0 Å². The Morgan fingerprint density at radius 3 is 2.47 bits per heavy atom. The Morgan fingerprint density at radius 1 is 1.12 bits per heavy atom. The standard InChI is InChI=1S/C16H21N/c1-2-14(15-9-5-3-6-10-15)13-17-16-11-7-4-8-12-16/h2-3,5-6,9-10,13,16H,4,7-8,11-12H2,1H3/b14-2-,17-13?. The molecular formula is C16H21N. The number of benzene rings is 1. The first-order valence-electron chi connectivity index (χ1n) is 6.65. The van der Waals surface area contributed by atoms with Crippen molar-refractivity contribution < 1.29 is 0 Å². The molecule has 1 aliphatic rings. The summed E-state index contributed by atoms with van der Waals surface area (Å²) in [4.78, 5) is 4.74. The predicted molar refractivity (Wildman–Crippen MR) is 75.5 cm³/mol. The second-order valence-electron chi connectivity index (χ2n) is 4.68. The lowest BCUT2D eigenvalue weighted by Crippen LogP contribution is -2.09. The molecule has 0 heterocycles. The minimum absolute atomic E-state index is 0.558. The molecule has 1 aromatic rings. The summed E-state index contributed by atoms with van der Waals surface area (Å²) in [6.45, 7) is 2.08. The molecule has 0 aliphatic heterocycles.